The Morgan fingerprint density at radius 3 is 2.42 bits per heavy atom. The number of likely N-dealkylation sites (tertiary alicyclic amines) is 2. The summed E-state index contributed by atoms with van der Waals surface area (Å²) in [5, 5.41) is 14.7. The molecule has 7 heteroatoms. The lowest BCUT2D eigenvalue weighted by molar-refractivity contribution is -0.127. The van der Waals surface area contributed by atoms with Crippen LogP contribution in [-0.2, 0) is 9.59 Å². The summed E-state index contributed by atoms with van der Waals surface area (Å²) in [5.74, 6) is 3.56. The topological polar surface area (TPSA) is 88.5 Å². The predicted octanol–water partition coefficient (Wildman–Crippen LogP) is 3.78. The molecule has 7 nitrogen and oxygen atoms in total. The quantitative estimate of drug-likeness (QED) is 0.397. The molecule has 0 aromatic rings. The molecular formula is C29H49N5O2. The SMILES string of the molecule is CC(=O)NC(=N)C1CCC2CC(C(=O)NC3CCN(C)CC3)N(CC3CCCC4CCCCC43)C2C1. The minimum absolute atomic E-state index is 0.0303. The fraction of sp³-hybridized carbons (Fsp3) is 0.897. The number of nitrogens with one attached hydrogen (secondary N) is 3. The zero-order valence-corrected chi connectivity index (χ0v) is 22.6. The van der Waals surface area contributed by atoms with Crippen molar-refractivity contribution in [3.05, 3.63) is 0 Å². The first-order valence-corrected chi connectivity index (χ1v) is 15.0. The van der Waals surface area contributed by atoms with Gasteiger partial charge < -0.3 is 15.5 Å². The third-order valence-corrected chi connectivity index (χ3v) is 10.6. The van der Waals surface area contributed by atoms with Gasteiger partial charge in [-0.25, -0.2) is 0 Å². The highest BCUT2D eigenvalue weighted by molar-refractivity contribution is 5.96. The Morgan fingerprint density at radius 2 is 1.64 bits per heavy atom. The van der Waals surface area contributed by atoms with E-state index in [1.807, 2.05) is 0 Å². The number of piperidine rings is 1. The van der Waals surface area contributed by atoms with E-state index in [1.54, 1.807) is 0 Å². The highest BCUT2D eigenvalue weighted by atomic mass is 16.2. The number of nitrogens with zero attached hydrogens (tertiary/aromatic N) is 2. The molecule has 2 heterocycles. The number of carbonyl (C=O) groups is 2. The van der Waals surface area contributed by atoms with Crippen LogP contribution in [0, 0.1) is 35.0 Å². The van der Waals surface area contributed by atoms with E-state index in [2.05, 4.69) is 27.5 Å². The lowest BCUT2D eigenvalue weighted by Crippen LogP contribution is -2.53. The maximum atomic E-state index is 13.8. The molecule has 36 heavy (non-hydrogen) atoms. The van der Waals surface area contributed by atoms with Crippen molar-refractivity contribution >= 4 is 17.6 Å². The number of amidine groups is 1. The Balaban J connectivity index is 1.32. The second kappa shape index (κ2) is 11.5. The van der Waals surface area contributed by atoms with Gasteiger partial charge in [0.05, 0.1) is 6.04 Å². The number of hydrogen-bond donors (Lipinski definition) is 3. The number of rotatable bonds is 5. The first-order chi connectivity index (χ1) is 17.4. The summed E-state index contributed by atoms with van der Waals surface area (Å²) in [6, 6.07) is 0.628. The van der Waals surface area contributed by atoms with Gasteiger partial charge in [0.2, 0.25) is 11.8 Å². The van der Waals surface area contributed by atoms with Gasteiger partial charge in [0, 0.05) is 31.5 Å². The Morgan fingerprint density at radius 1 is 0.889 bits per heavy atom. The molecule has 3 aliphatic carbocycles. The van der Waals surface area contributed by atoms with Crippen LogP contribution in [0.2, 0.25) is 0 Å². The van der Waals surface area contributed by atoms with Gasteiger partial charge >= 0.3 is 0 Å². The fourth-order valence-corrected chi connectivity index (χ4v) is 8.64. The summed E-state index contributed by atoms with van der Waals surface area (Å²) in [6.07, 6.45) is 15.6. The summed E-state index contributed by atoms with van der Waals surface area (Å²) in [6.45, 7) is 4.66. The average Bonchev–Trinajstić information content (AvgIpc) is 3.23. The minimum Gasteiger partial charge on any atom is -0.352 e. The summed E-state index contributed by atoms with van der Waals surface area (Å²) < 4.78 is 0. The van der Waals surface area contributed by atoms with Crippen molar-refractivity contribution in [1.82, 2.24) is 20.4 Å². The third-order valence-electron chi connectivity index (χ3n) is 10.6. The number of fused-ring (bicyclic) bond motifs is 2. The standard InChI is InChI=1S/C29H49N5O2/c1-19(35)31-28(30)22-11-10-21-16-27(29(36)32-24-12-14-33(2)15-13-24)34(26(21)17-22)18-23-8-5-7-20-6-3-4-9-25(20)23/h20-27H,3-18H2,1-2H3,(H,32,36)(H2,30,31,35). The van der Waals surface area contributed by atoms with Crippen LogP contribution in [0.25, 0.3) is 0 Å². The normalized spacial score (nSPS) is 38.1. The zero-order chi connectivity index (χ0) is 25.2. The maximum absolute atomic E-state index is 13.8. The van der Waals surface area contributed by atoms with Crippen LogP contribution in [0.3, 0.4) is 0 Å². The smallest absolute Gasteiger partial charge is 0.237 e. The highest BCUT2D eigenvalue weighted by Gasteiger charge is 2.49. The Kier molecular flexibility index (Phi) is 8.36. The van der Waals surface area contributed by atoms with E-state index in [9.17, 15) is 9.59 Å². The van der Waals surface area contributed by atoms with Crippen LogP contribution in [-0.4, -0.2) is 72.3 Å². The number of amides is 2. The van der Waals surface area contributed by atoms with E-state index < -0.39 is 0 Å². The van der Waals surface area contributed by atoms with Crippen LogP contribution < -0.4 is 10.6 Å². The lowest BCUT2D eigenvalue weighted by atomic mass is 9.65. The number of hydrogen-bond acceptors (Lipinski definition) is 5. The van der Waals surface area contributed by atoms with E-state index in [0.717, 1.165) is 70.0 Å². The fourth-order valence-electron chi connectivity index (χ4n) is 8.64. The molecule has 5 rings (SSSR count). The van der Waals surface area contributed by atoms with Crippen LogP contribution in [0.1, 0.15) is 90.4 Å². The van der Waals surface area contributed by atoms with Crippen molar-refractivity contribution < 1.29 is 9.59 Å². The van der Waals surface area contributed by atoms with Gasteiger partial charge in [0.25, 0.3) is 0 Å². The maximum Gasteiger partial charge on any atom is 0.237 e. The van der Waals surface area contributed by atoms with Gasteiger partial charge in [-0.05, 0) is 95.2 Å². The molecule has 3 N–H and O–H groups in total. The van der Waals surface area contributed by atoms with Crippen molar-refractivity contribution in [2.75, 3.05) is 26.7 Å². The highest BCUT2D eigenvalue weighted by Crippen LogP contribution is 2.47. The molecule has 5 aliphatic rings. The molecule has 2 saturated heterocycles. The zero-order valence-electron chi connectivity index (χ0n) is 22.6. The second-order valence-corrected chi connectivity index (χ2v) is 12.9. The molecule has 0 spiro atoms. The summed E-state index contributed by atoms with van der Waals surface area (Å²) in [7, 11) is 2.17. The Labute approximate surface area is 218 Å². The van der Waals surface area contributed by atoms with Gasteiger partial charge in [-0.3, -0.25) is 19.9 Å². The van der Waals surface area contributed by atoms with Gasteiger partial charge in [-0.2, -0.15) is 0 Å². The van der Waals surface area contributed by atoms with Crippen molar-refractivity contribution in [1.29, 1.82) is 5.41 Å². The molecule has 7 unspecified atom stereocenters. The molecule has 7 atom stereocenters. The lowest BCUT2D eigenvalue weighted by Gasteiger charge is -2.45. The average molecular weight is 500 g/mol. The molecule has 0 aromatic carbocycles. The Hall–Kier alpha value is -1.47. The predicted molar refractivity (Wildman–Crippen MR) is 143 cm³/mol. The van der Waals surface area contributed by atoms with Gasteiger partial charge in [0.1, 0.15) is 5.84 Å². The Bertz CT molecular complexity index is 807. The summed E-state index contributed by atoms with van der Waals surface area (Å²) >= 11 is 0. The van der Waals surface area contributed by atoms with Crippen LogP contribution >= 0.6 is 0 Å². The molecule has 2 amide bonds. The van der Waals surface area contributed by atoms with Gasteiger partial charge in [-0.15, -0.1) is 0 Å². The van der Waals surface area contributed by atoms with Crippen molar-refractivity contribution in [3.8, 4) is 0 Å². The molecule has 0 radical (unpaired) electrons. The largest absolute Gasteiger partial charge is 0.352 e. The minimum atomic E-state index is -0.147. The molecular weight excluding hydrogens is 450 g/mol. The molecule has 2 aliphatic heterocycles. The molecule has 5 fully saturated rings. The van der Waals surface area contributed by atoms with Crippen LogP contribution in [0.5, 0.6) is 0 Å². The van der Waals surface area contributed by atoms with Crippen LogP contribution in [0.4, 0.5) is 0 Å². The summed E-state index contributed by atoms with van der Waals surface area (Å²) in [4.78, 5) is 30.4. The first kappa shape index (κ1) is 26.1. The third kappa shape index (κ3) is 5.82. The van der Waals surface area contributed by atoms with E-state index in [0.29, 0.717) is 29.8 Å². The van der Waals surface area contributed by atoms with Crippen molar-refractivity contribution in [3.63, 3.8) is 0 Å². The van der Waals surface area contributed by atoms with E-state index in [4.69, 9.17) is 5.41 Å². The number of carbonyl (C=O) groups excluding carboxylic acids is 2. The molecule has 0 bridgehead atoms. The van der Waals surface area contributed by atoms with Gasteiger partial charge in [0.15, 0.2) is 0 Å². The second-order valence-electron chi connectivity index (χ2n) is 12.9. The van der Waals surface area contributed by atoms with Crippen molar-refractivity contribution in [2.24, 2.45) is 29.6 Å². The molecule has 3 saturated carbocycles. The van der Waals surface area contributed by atoms with Crippen LogP contribution in [0.15, 0.2) is 0 Å². The molecule has 0 aromatic heterocycles. The summed E-state index contributed by atoms with van der Waals surface area (Å²) in [5.41, 5.74) is 0. The monoisotopic (exact) mass is 499 g/mol. The molecule has 202 valence electrons. The van der Waals surface area contributed by atoms with Crippen molar-refractivity contribution in [2.45, 2.75) is 109 Å². The van der Waals surface area contributed by atoms with E-state index >= 15 is 0 Å². The van der Waals surface area contributed by atoms with E-state index in [1.165, 1.54) is 51.9 Å². The first-order valence-electron chi connectivity index (χ1n) is 15.0. The van der Waals surface area contributed by atoms with E-state index in [-0.39, 0.29) is 23.8 Å². The van der Waals surface area contributed by atoms with Gasteiger partial charge in [-0.1, -0.05) is 32.1 Å².